The number of ether oxygens (including phenoxy) is 3. The van der Waals surface area contributed by atoms with Gasteiger partial charge in [-0.05, 0) is 25.8 Å². The van der Waals surface area contributed by atoms with Crippen LogP contribution >= 0.6 is 0 Å². The molecule has 13 nitrogen and oxygen atoms in total. The molecule has 216 valence electrons. The zero-order valence-electron chi connectivity index (χ0n) is 22.6. The van der Waals surface area contributed by atoms with Crippen molar-refractivity contribution in [2.75, 3.05) is 27.4 Å². The lowest BCUT2D eigenvalue weighted by Crippen LogP contribution is -2.42. The van der Waals surface area contributed by atoms with Crippen LogP contribution in [0.1, 0.15) is 42.5 Å². The third-order valence-electron chi connectivity index (χ3n) is 6.38. The number of aliphatic hydroxyl groups is 1. The SMILES string of the molecule is COc1cccc(CN(Cc2cnn(C)c2C)CC2CCCO2)c1OC.O=C(O)CC(O)(CC(=O)O)C(=O)O. The van der Waals surface area contributed by atoms with Crippen molar-refractivity contribution in [3.05, 3.63) is 41.2 Å². The lowest BCUT2D eigenvalue weighted by Gasteiger charge is -2.26. The third kappa shape index (κ3) is 9.23. The maximum atomic E-state index is 10.3. The Bertz CT molecular complexity index is 1110. The molecule has 0 bridgehead atoms. The quantitative estimate of drug-likeness (QED) is 0.283. The summed E-state index contributed by atoms with van der Waals surface area (Å²) in [6.07, 6.45) is 2.23. The van der Waals surface area contributed by atoms with Gasteiger partial charge < -0.3 is 34.6 Å². The monoisotopic (exact) mass is 551 g/mol. The highest BCUT2D eigenvalue weighted by Gasteiger charge is 2.40. The summed E-state index contributed by atoms with van der Waals surface area (Å²) in [5.74, 6) is -3.45. The summed E-state index contributed by atoms with van der Waals surface area (Å²) < 4.78 is 18.9. The van der Waals surface area contributed by atoms with Gasteiger partial charge in [0.25, 0.3) is 0 Å². The van der Waals surface area contributed by atoms with E-state index in [-0.39, 0.29) is 0 Å². The third-order valence-corrected chi connectivity index (χ3v) is 6.38. The van der Waals surface area contributed by atoms with Crippen LogP contribution in [0.3, 0.4) is 0 Å². The zero-order chi connectivity index (χ0) is 29.2. The number of aromatic nitrogens is 2. The van der Waals surface area contributed by atoms with E-state index < -0.39 is 36.4 Å². The molecule has 2 aromatic rings. The molecule has 1 unspecified atom stereocenters. The number of benzene rings is 1. The fourth-order valence-corrected chi connectivity index (χ4v) is 4.23. The normalized spacial score (nSPS) is 15.0. The van der Waals surface area contributed by atoms with Gasteiger partial charge in [0.05, 0.1) is 39.4 Å². The van der Waals surface area contributed by atoms with Crippen molar-refractivity contribution >= 4 is 17.9 Å². The molecule has 0 spiro atoms. The highest BCUT2D eigenvalue weighted by molar-refractivity contribution is 5.88. The molecule has 3 rings (SSSR count). The van der Waals surface area contributed by atoms with E-state index in [9.17, 15) is 14.4 Å². The molecule has 1 fully saturated rings. The summed E-state index contributed by atoms with van der Waals surface area (Å²) in [5.41, 5.74) is 0.816. The summed E-state index contributed by atoms with van der Waals surface area (Å²) >= 11 is 0. The highest BCUT2D eigenvalue weighted by Crippen LogP contribution is 2.32. The lowest BCUT2D eigenvalue weighted by atomic mass is 9.96. The number of methoxy groups -OCH3 is 2. The molecule has 0 amide bonds. The minimum Gasteiger partial charge on any atom is -0.493 e. The standard InChI is InChI=1S/C20H29N3O3.C6H8O7/c1-15-17(11-21-22(15)2)13-23(14-18-8-6-10-26-18)12-16-7-5-9-19(24-3)20(16)25-4;7-3(8)1-6(13,5(11)12)2-4(9)10/h5,7,9,11,18H,6,8,10,12-14H2,1-4H3;13H,1-2H2,(H,7,8)(H,9,10)(H,11,12). The molecule has 1 saturated heterocycles. The maximum absolute atomic E-state index is 10.3. The van der Waals surface area contributed by atoms with Crippen LogP contribution in [-0.4, -0.2) is 92.1 Å². The molecule has 1 aromatic heterocycles. The number of aryl methyl sites for hydroxylation is 1. The second kappa shape index (κ2) is 14.5. The molecule has 1 aliphatic rings. The molecule has 13 heteroatoms. The molecule has 0 aliphatic carbocycles. The molecule has 1 aromatic carbocycles. The average Bonchev–Trinajstić information content (AvgIpc) is 3.48. The van der Waals surface area contributed by atoms with E-state index in [1.165, 1.54) is 11.3 Å². The Morgan fingerprint density at radius 3 is 2.21 bits per heavy atom. The van der Waals surface area contributed by atoms with Crippen molar-refractivity contribution in [2.45, 2.75) is 57.4 Å². The Balaban J connectivity index is 0.000000349. The predicted octanol–water partition coefficient (Wildman–Crippen LogP) is 1.68. The Kier molecular flexibility index (Phi) is 11.7. The number of para-hydroxylation sites is 1. The first-order valence-electron chi connectivity index (χ1n) is 12.3. The van der Waals surface area contributed by atoms with Crippen LogP contribution in [0, 0.1) is 6.92 Å². The van der Waals surface area contributed by atoms with Gasteiger partial charge in [-0.15, -0.1) is 0 Å². The van der Waals surface area contributed by atoms with E-state index in [0.717, 1.165) is 56.1 Å². The maximum Gasteiger partial charge on any atom is 0.336 e. The van der Waals surface area contributed by atoms with Crippen LogP contribution in [0.4, 0.5) is 0 Å². The van der Waals surface area contributed by atoms with Crippen molar-refractivity contribution in [3.8, 4) is 11.5 Å². The summed E-state index contributed by atoms with van der Waals surface area (Å²) in [7, 11) is 5.34. The molecule has 1 atom stereocenters. The fourth-order valence-electron chi connectivity index (χ4n) is 4.23. The van der Waals surface area contributed by atoms with Crippen LogP contribution in [0.25, 0.3) is 0 Å². The molecule has 39 heavy (non-hydrogen) atoms. The van der Waals surface area contributed by atoms with Gasteiger partial charge in [0.15, 0.2) is 17.1 Å². The van der Waals surface area contributed by atoms with E-state index in [1.807, 2.05) is 30.1 Å². The molecular formula is C26H37N3O10. The van der Waals surface area contributed by atoms with Crippen LogP contribution in [0.2, 0.25) is 0 Å². The number of carbonyl (C=O) groups is 3. The van der Waals surface area contributed by atoms with E-state index in [4.69, 9.17) is 34.6 Å². The summed E-state index contributed by atoms with van der Waals surface area (Å²) in [6, 6.07) is 6.04. The number of hydrogen-bond acceptors (Lipinski definition) is 9. The van der Waals surface area contributed by atoms with E-state index >= 15 is 0 Å². The van der Waals surface area contributed by atoms with Crippen molar-refractivity contribution in [2.24, 2.45) is 7.05 Å². The second-order valence-corrected chi connectivity index (χ2v) is 9.31. The van der Waals surface area contributed by atoms with Crippen LogP contribution < -0.4 is 9.47 Å². The number of aliphatic carboxylic acids is 3. The molecule has 2 heterocycles. The van der Waals surface area contributed by atoms with Gasteiger partial charge in [-0.3, -0.25) is 19.2 Å². The Morgan fingerprint density at radius 1 is 1.10 bits per heavy atom. The van der Waals surface area contributed by atoms with Crippen LogP contribution in [0.5, 0.6) is 11.5 Å². The van der Waals surface area contributed by atoms with Crippen molar-refractivity contribution < 1.29 is 49.0 Å². The number of carboxylic acid groups (broad SMARTS) is 3. The van der Waals surface area contributed by atoms with Crippen LogP contribution in [0.15, 0.2) is 24.4 Å². The summed E-state index contributed by atoms with van der Waals surface area (Å²) in [6.45, 7) is 5.48. The minimum atomic E-state index is -2.74. The lowest BCUT2D eigenvalue weighted by molar-refractivity contribution is -0.170. The number of hydrogen-bond donors (Lipinski definition) is 4. The second-order valence-electron chi connectivity index (χ2n) is 9.31. The molecule has 1 aliphatic heterocycles. The Hall–Kier alpha value is -3.68. The smallest absolute Gasteiger partial charge is 0.336 e. The largest absolute Gasteiger partial charge is 0.493 e. The number of carboxylic acids is 3. The van der Waals surface area contributed by atoms with Gasteiger partial charge in [-0.2, -0.15) is 5.10 Å². The Labute approximate surface area is 226 Å². The van der Waals surface area contributed by atoms with Gasteiger partial charge in [0.1, 0.15) is 0 Å². The molecule has 0 radical (unpaired) electrons. The molecule has 4 N–H and O–H groups in total. The molecular weight excluding hydrogens is 514 g/mol. The number of nitrogens with zero attached hydrogens (tertiary/aromatic N) is 3. The van der Waals surface area contributed by atoms with Gasteiger partial charge in [-0.25, -0.2) is 4.79 Å². The Morgan fingerprint density at radius 2 is 1.74 bits per heavy atom. The van der Waals surface area contributed by atoms with Gasteiger partial charge in [0, 0.05) is 50.1 Å². The average molecular weight is 552 g/mol. The first-order valence-corrected chi connectivity index (χ1v) is 12.3. The van der Waals surface area contributed by atoms with Crippen LogP contribution in [-0.2, 0) is 39.3 Å². The predicted molar refractivity (Wildman–Crippen MR) is 138 cm³/mol. The highest BCUT2D eigenvalue weighted by atomic mass is 16.5. The zero-order valence-corrected chi connectivity index (χ0v) is 22.6. The van der Waals surface area contributed by atoms with Gasteiger partial charge in [-0.1, -0.05) is 12.1 Å². The minimum absolute atomic E-state index is 0.295. The first kappa shape index (κ1) is 31.5. The van der Waals surface area contributed by atoms with Crippen molar-refractivity contribution in [3.63, 3.8) is 0 Å². The summed E-state index contributed by atoms with van der Waals surface area (Å²) in [5, 5.41) is 38.2. The van der Waals surface area contributed by atoms with Crippen molar-refractivity contribution in [1.29, 1.82) is 0 Å². The molecule has 0 saturated carbocycles. The first-order chi connectivity index (χ1) is 18.4. The topological polar surface area (TPSA) is 181 Å². The summed E-state index contributed by atoms with van der Waals surface area (Å²) in [4.78, 5) is 32.9. The van der Waals surface area contributed by atoms with Gasteiger partial charge in [0.2, 0.25) is 0 Å². The van der Waals surface area contributed by atoms with E-state index in [1.54, 1.807) is 14.2 Å². The number of rotatable bonds is 13. The fraction of sp³-hybridized carbons (Fsp3) is 0.538. The van der Waals surface area contributed by atoms with Gasteiger partial charge >= 0.3 is 17.9 Å². The van der Waals surface area contributed by atoms with E-state index in [2.05, 4.69) is 23.0 Å². The van der Waals surface area contributed by atoms with E-state index in [0.29, 0.717) is 6.10 Å². The van der Waals surface area contributed by atoms with Crippen molar-refractivity contribution in [1.82, 2.24) is 14.7 Å².